The van der Waals surface area contributed by atoms with E-state index in [-0.39, 0.29) is 0 Å². The van der Waals surface area contributed by atoms with E-state index in [1.165, 1.54) is 11.1 Å². The van der Waals surface area contributed by atoms with Crippen molar-refractivity contribution in [3.05, 3.63) is 58.7 Å². The molecule has 0 saturated carbocycles. The van der Waals surface area contributed by atoms with Gasteiger partial charge in [-0.1, -0.05) is 31.2 Å². The summed E-state index contributed by atoms with van der Waals surface area (Å²) in [6.45, 7) is 5.96. The molecule has 3 rings (SSSR count). The van der Waals surface area contributed by atoms with Crippen LogP contribution in [0.1, 0.15) is 41.2 Å². The Kier molecular flexibility index (Phi) is 3.79. The minimum atomic E-state index is 0.438. The largest absolute Gasteiger partial charge is 0.311 e. The molecule has 20 heavy (non-hydrogen) atoms. The van der Waals surface area contributed by atoms with Crippen LogP contribution in [0.15, 0.2) is 30.3 Å². The highest BCUT2D eigenvalue weighted by Gasteiger charge is 2.25. The molecule has 3 nitrogen and oxygen atoms in total. The van der Waals surface area contributed by atoms with Crippen molar-refractivity contribution in [2.75, 3.05) is 6.54 Å². The van der Waals surface area contributed by atoms with E-state index in [0.29, 0.717) is 5.92 Å². The smallest absolute Gasteiger partial charge is 0.132 e. The summed E-state index contributed by atoms with van der Waals surface area (Å²) in [5.41, 5.74) is 5.08. The summed E-state index contributed by atoms with van der Waals surface area (Å²) in [7, 11) is 0. The van der Waals surface area contributed by atoms with E-state index in [9.17, 15) is 0 Å². The Morgan fingerprint density at radius 3 is 2.50 bits per heavy atom. The number of hydrogen-bond donors (Lipinski definition) is 1. The maximum Gasteiger partial charge on any atom is 0.132 e. The van der Waals surface area contributed by atoms with Crippen LogP contribution >= 0.6 is 0 Å². The van der Waals surface area contributed by atoms with Gasteiger partial charge in [-0.05, 0) is 43.5 Å². The molecule has 1 aromatic carbocycles. The lowest BCUT2D eigenvalue weighted by Crippen LogP contribution is -2.15. The van der Waals surface area contributed by atoms with E-state index < -0.39 is 0 Å². The minimum absolute atomic E-state index is 0.438. The molecule has 1 aromatic heterocycles. The molecule has 0 bridgehead atoms. The summed E-state index contributed by atoms with van der Waals surface area (Å²) in [6.07, 6.45) is 2.14. The predicted molar refractivity (Wildman–Crippen MR) is 80.7 cm³/mol. The van der Waals surface area contributed by atoms with Gasteiger partial charge in [0.05, 0.1) is 5.69 Å². The van der Waals surface area contributed by atoms with E-state index >= 15 is 0 Å². The number of nitrogens with one attached hydrogen (secondary N) is 1. The van der Waals surface area contributed by atoms with Crippen molar-refractivity contribution < 1.29 is 0 Å². The average Bonchev–Trinajstić information content (AvgIpc) is 2.88. The fourth-order valence-corrected chi connectivity index (χ4v) is 2.93. The average molecular weight is 267 g/mol. The molecule has 0 radical (unpaired) electrons. The fraction of sp³-hybridized carbons (Fsp3) is 0.412. The SMILES string of the molecule is CCNCc1cc(C)nc(C2Cc3ccccc3C2)n1. The number of rotatable bonds is 4. The van der Waals surface area contributed by atoms with Gasteiger partial charge in [0, 0.05) is 18.2 Å². The van der Waals surface area contributed by atoms with Gasteiger partial charge >= 0.3 is 0 Å². The number of nitrogens with zero attached hydrogens (tertiary/aromatic N) is 2. The molecule has 0 fully saturated rings. The van der Waals surface area contributed by atoms with Crippen LogP contribution in [0, 0.1) is 6.92 Å². The van der Waals surface area contributed by atoms with Gasteiger partial charge in [0.15, 0.2) is 0 Å². The van der Waals surface area contributed by atoms with Crippen molar-refractivity contribution in [2.24, 2.45) is 0 Å². The van der Waals surface area contributed by atoms with Crippen molar-refractivity contribution in [3.63, 3.8) is 0 Å². The lowest BCUT2D eigenvalue weighted by atomic mass is 10.1. The lowest BCUT2D eigenvalue weighted by molar-refractivity contribution is 0.649. The van der Waals surface area contributed by atoms with E-state index in [2.05, 4.69) is 54.5 Å². The zero-order valence-electron chi connectivity index (χ0n) is 12.2. The van der Waals surface area contributed by atoms with Crippen molar-refractivity contribution in [2.45, 2.75) is 39.2 Å². The first kappa shape index (κ1) is 13.3. The van der Waals surface area contributed by atoms with E-state index in [0.717, 1.165) is 43.1 Å². The quantitative estimate of drug-likeness (QED) is 0.925. The Bertz CT molecular complexity index is 582. The van der Waals surface area contributed by atoms with Crippen LogP contribution < -0.4 is 5.32 Å². The summed E-state index contributed by atoms with van der Waals surface area (Å²) >= 11 is 0. The molecular formula is C17H21N3. The van der Waals surface area contributed by atoms with Gasteiger partial charge in [0.1, 0.15) is 5.82 Å². The molecule has 0 amide bonds. The van der Waals surface area contributed by atoms with Gasteiger partial charge in [0.25, 0.3) is 0 Å². The van der Waals surface area contributed by atoms with Crippen LogP contribution in [0.25, 0.3) is 0 Å². The van der Waals surface area contributed by atoms with Gasteiger partial charge in [-0.25, -0.2) is 9.97 Å². The Hall–Kier alpha value is -1.74. The topological polar surface area (TPSA) is 37.8 Å². The number of benzene rings is 1. The molecular weight excluding hydrogens is 246 g/mol. The Morgan fingerprint density at radius 1 is 1.15 bits per heavy atom. The molecule has 0 atom stereocenters. The first-order chi connectivity index (χ1) is 9.76. The number of aromatic nitrogens is 2. The van der Waals surface area contributed by atoms with E-state index in [4.69, 9.17) is 4.98 Å². The highest BCUT2D eigenvalue weighted by atomic mass is 14.9. The third-order valence-electron chi connectivity index (χ3n) is 3.90. The molecule has 2 aromatic rings. The van der Waals surface area contributed by atoms with Crippen LogP contribution in [0.2, 0.25) is 0 Å². The van der Waals surface area contributed by atoms with Gasteiger partial charge in [0.2, 0.25) is 0 Å². The third kappa shape index (κ3) is 2.73. The van der Waals surface area contributed by atoms with Crippen LogP contribution in [0.4, 0.5) is 0 Å². The summed E-state index contributed by atoms with van der Waals surface area (Å²) in [4.78, 5) is 9.43. The summed E-state index contributed by atoms with van der Waals surface area (Å²) in [6, 6.07) is 10.8. The maximum atomic E-state index is 4.76. The predicted octanol–water partition coefficient (Wildman–Crippen LogP) is 2.78. The van der Waals surface area contributed by atoms with Crippen molar-refractivity contribution in [1.82, 2.24) is 15.3 Å². The summed E-state index contributed by atoms with van der Waals surface area (Å²) < 4.78 is 0. The second-order valence-corrected chi connectivity index (χ2v) is 5.51. The molecule has 0 saturated heterocycles. The van der Waals surface area contributed by atoms with Crippen LogP contribution in [-0.2, 0) is 19.4 Å². The van der Waals surface area contributed by atoms with Gasteiger partial charge in [-0.3, -0.25) is 0 Å². The maximum absolute atomic E-state index is 4.76. The minimum Gasteiger partial charge on any atom is -0.311 e. The third-order valence-corrected chi connectivity index (χ3v) is 3.90. The normalized spacial score (nSPS) is 14.5. The second-order valence-electron chi connectivity index (χ2n) is 5.51. The fourth-order valence-electron chi connectivity index (χ4n) is 2.93. The molecule has 0 unspecified atom stereocenters. The Morgan fingerprint density at radius 2 is 1.85 bits per heavy atom. The standard InChI is InChI=1S/C17H21N3/c1-3-18-11-16-8-12(2)19-17(20-16)15-9-13-6-4-5-7-14(13)10-15/h4-8,15,18H,3,9-11H2,1-2H3. The lowest BCUT2D eigenvalue weighted by Gasteiger charge is -2.11. The van der Waals surface area contributed by atoms with Crippen molar-refractivity contribution in [1.29, 1.82) is 0 Å². The number of hydrogen-bond acceptors (Lipinski definition) is 3. The molecule has 1 N–H and O–H groups in total. The monoisotopic (exact) mass is 267 g/mol. The Labute approximate surface area is 120 Å². The van der Waals surface area contributed by atoms with Crippen LogP contribution in [0.5, 0.6) is 0 Å². The van der Waals surface area contributed by atoms with Crippen LogP contribution in [0.3, 0.4) is 0 Å². The van der Waals surface area contributed by atoms with Crippen molar-refractivity contribution >= 4 is 0 Å². The molecule has 3 heteroatoms. The Balaban J connectivity index is 1.83. The van der Waals surface area contributed by atoms with Gasteiger partial charge in [-0.2, -0.15) is 0 Å². The molecule has 1 heterocycles. The molecule has 1 aliphatic carbocycles. The van der Waals surface area contributed by atoms with Crippen LogP contribution in [-0.4, -0.2) is 16.5 Å². The zero-order chi connectivity index (χ0) is 13.9. The van der Waals surface area contributed by atoms with Gasteiger partial charge in [-0.15, -0.1) is 0 Å². The number of aryl methyl sites for hydroxylation is 1. The molecule has 104 valence electrons. The highest BCUT2D eigenvalue weighted by molar-refractivity contribution is 5.35. The highest BCUT2D eigenvalue weighted by Crippen LogP contribution is 2.32. The number of fused-ring (bicyclic) bond motifs is 1. The second kappa shape index (κ2) is 5.71. The summed E-state index contributed by atoms with van der Waals surface area (Å²) in [5.74, 6) is 1.45. The molecule has 0 spiro atoms. The summed E-state index contributed by atoms with van der Waals surface area (Å²) in [5, 5.41) is 3.34. The first-order valence-corrected chi connectivity index (χ1v) is 7.38. The molecule has 0 aliphatic heterocycles. The van der Waals surface area contributed by atoms with Gasteiger partial charge < -0.3 is 5.32 Å². The van der Waals surface area contributed by atoms with E-state index in [1.807, 2.05) is 0 Å². The molecule has 1 aliphatic rings. The van der Waals surface area contributed by atoms with Crippen molar-refractivity contribution in [3.8, 4) is 0 Å². The zero-order valence-corrected chi connectivity index (χ0v) is 12.2. The first-order valence-electron chi connectivity index (χ1n) is 7.38. The van der Waals surface area contributed by atoms with E-state index in [1.54, 1.807) is 0 Å².